The second-order valence-electron chi connectivity index (χ2n) is 6.29. The molecule has 0 spiro atoms. The number of nitrogens with zero attached hydrogens (tertiary/aromatic N) is 1. The van der Waals surface area contributed by atoms with Gasteiger partial charge in [0.05, 0.1) is 6.54 Å². The molecule has 1 atom stereocenters. The average molecular weight is 316 g/mol. The number of benzene rings is 1. The molecule has 0 radical (unpaired) electrons. The Kier molecular flexibility index (Phi) is 6.65. The maximum Gasteiger partial charge on any atom is 0.408 e. The van der Waals surface area contributed by atoms with E-state index in [0.29, 0.717) is 6.42 Å². The van der Waals surface area contributed by atoms with Crippen molar-refractivity contribution >= 4 is 12.0 Å². The predicted octanol–water partition coefficient (Wildman–Crippen LogP) is 2.21. The number of likely N-dealkylation sites (N-methyl/N-ethyl adjacent to an activating group) is 1. The fourth-order valence-electron chi connectivity index (χ4n) is 1.98. The summed E-state index contributed by atoms with van der Waals surface area (Å²) >= 11 is 0. The Morgan fingerprint density at radius 2 is 1.91 bits per heavy atom. The van der Waals surface area contributed by atoms with Crippen molar-refractivity contribution in [2.24, 2.45) is 0 Å². The minimum atomic E-state index is -0.731. The highest BCUT2D eigenvalue weighted by Gasteiger charge is 2.26. The molecule has 0 bridgehead atoms. The lowest BCUT2D eigenvalue weighted by molar-refractivity contribution is -0.131. The van der Waals surface area contributed by atoms with Crippen LogP contribution < -0.4 is 5.32 Å². The lowest BCUT2D eigenvalue weighted by Crippen LogP contribution is -2.49. The van der Waals surface area contributed by atoms with Gasteiger partial charge in [-0.2, -0.15) is 0 Å². The van der Waals surface area contributed by atoms with Crippen LogP contribution in [0.4, 0.5) is 4.79 Å². The normalized spacial score (nSPS) is 12.0. The summed E-state index contributed by atoms with van der Waals surface area (Å²) in [5.74, 6) is 2.17. The molecule has 0 saturated heterocycles. The summed E-state index contributed by atoms with van der Waals surface area (Å²) in [7, 11) is 1.61. The van der Waals surface area contributed by atoms with E-state index >= 15 is 0 Å². The van der Waals surface area contributed by atoms with Gasteiger partial charge in [0.1, 0.15) is 11.6 Å². The molecule has 0 saturated carbocycles. The number of nitrogens with one attached hydrogen (secondary N) is 1. The van der Waals surface area contributed by atoms with Crippen LogP contribution >= 0.6 is 0 Å². The summed E-state index contributed by atoms with van der Waals surface area (Å²) in [6.07, 6.45) is 4.99. The Hall–Kier alpha value is -2.48. The van der Waals surface area contributed by atoms with Crippen LogP contribution in [-0.2, 0) is 16.0 Å². The SMILES string of the molecule is C#CCN(C)C(=O)[C@H](Cc1ccccc1)NC(=O)OC(C)(C)C. The Bertz CT molecular complexity index is 570. The maximum absolute atomic E-state index is 12.5. The highest BCUT2D eigenvalue weighted by Crippen LogP contribution is 2.09. The summed E-state index contributed by atoms with van der Waals surface area (Å²) in [6.45, 7) is 5.49. The van der Waals surface area contributed by atoms with Crippen LogP contribution in [0.15, 0.2) is 30.3 Å². The fraction of sp³-hybridized carbons (Fsp3) is 0.444. The number of alkyl carbamates (subject to hydrolysis) is 1. The number of carbonyl (C=O) groups is 2. The molecular formula is C18H24N2O3. The van der Waals surface area contributed by atoms with Crippen LogP contribution in [-0.4, -0.2) is 42.1 Å². The zero-order valence-corrected chi connectivity index (χ0v) is 14.1. The van der Waals surface area contributed by atoms with Gasteiger partial charge in [-0.25, -0.2) is 4.79 Å². The molecule has 124 valence electrons. The summed E-state index contributed by atoms with van der Waals surface area (Å²) < 4.78 is 5.23. The Balaban J connectivity index is 2.86. The molecule has 23 heavy (non-hydrogen) atoms. The molecule has 0 fully saturated rings. The van der Waals surface area contributed by atoms with Crippen LogP contribution in [0.2, 0.25) is 0 Å². The molecule has 0 unspecified atom stereocenters. The topological polar surface area (TPSA) is 58.6 Å². The second-order valence-corrected chi connectivity index (χ2v) is 6.29. The van der Waals surface area contributed by atoms with Crippen molar-refractivity contribution in [2.45, 2.75) is 38.8 Å². The summed E-state index contributed by atoms with van der Waals surface area (Å²) in [5.41, 5.74) is 0.311. The second kappa shape index (κ2) is 8.23. The molecule has 0 aliphatic rings. The maximum atomic E-state index is 12.5. The van der Waals surface area contributed by atoms with Gasteiger partial charge in [0, 0.05) is 13.5 Å². The zero-order chi connectivity index (χ0) is 17.5. The van der Waals surface area contributed by atoms with Crippen LogP contribution in [0.25, 0.3) is 0 Å². The molecule has 1 N–H and O–H groups in total. The van der Waals surface area contributed by atoms with Gasteiger partial charge < -0.3 is 15.0 Å². The lowest BCUT2D eigenvalue weighted by Gasteiger charge is -2.25. The third-order valence-electron chi connectivity index (χ3n) is 2.98. The van der Waals surface area contributed by atoms with Gasteiger partial charge in [-0.05, 0) is 26.3 Å². The van der Waals surface area contributed by atoms with Crippen LogP contribution in [0.5, 0.6) is 0 Å². The Morgan fingerprint density at radius 3 is 2.43 bits per heavy atom. The van der Waals surface area contributed by atoms with Crippen molar-refractivity contribution in [3.8, 4) is 12.3 Å². The van der Waals surface area contributed by atoms with E-state index in [0.717, 1.165) is 5.56 Å². The molecule has 2 amide bonds. The Morgan fingerprint density at radius 1 is 1.30 bits per heavy atom. The fourth-order valence-corrected chi connectivity index (χ4v) is 1.98. The van der Waals surface area contributed by atoms with E-state index in [1.54, 1.807) is 27.8 Å². The smallest absolute Gasteiger partial charge is 0.408 e. The van der Waals surface area contributed by atoms with Gasteiger partial charge in [0.2, 0.25) is 5.91 Å². The lowest BCUT2D eigenvalue weighted by atomic mass is 10.1. The molecule has 1 aromatic carbocycles. The number of rotatable bonds is 5. The number of hydrogen-bond donors (Lipinski definition) is 1. The largest absolute Gasteiger partial charge is 0.444 e. The van der Waals surface area contributed by atoms with E-state index in [2.05, 4.69) is 11.2 Å². The standard InChI is InChI=1S/C18H24N2O3/c1-6-12-20(5)16(21)15(13-14-10-8-7-9-11-14)19-17(22)23-18(2,3)4/h1,7-11,15H,12-13H2,2-5H3,(H,19,22)/t15-/m0/s1. The van der Waals surface area contributed by atoms with Crippen LogP contribution in [0, 0.1) is 12.3 Å². The van der Waals surface area contributed by atoms with Crippen molar-refractivity contribution in [1.29, 1.82) is 0 Å². The van der Waals surface area contributed by atoms with E-state index in [1.165, 1.54) is 4.90 Å². The number of ether oxygens (including phenoxy) is 1. The predicted molar refractivity (Wildman–Crippen MR) is 89.8 cm³/mol. The highest BCUT2D eigenvalue weighted by molar-refractivity contribution is 5.86. The van der Waals surface area contributed by atoms with Crippen molar-refractivity contribution in [2.75, 3.05) is 13.6 Å². The molecule has 0 heterocycles. The highest BCUT2D eigenvalue weighted by atomic mass is 16.6. The molecular weight excluding hydrogens is 292 g/mol. The van der Waals surface area contributed by atoms with Gasteiger partial charge >= 0.3 is 6.09 Å². The average Bonchev–Trinajstić information content (AvgIpc) is 2.45. The van der Waals surface area contributed by atoms with E-state index < -0.39 is 17.7 Å². The Labute approximate surface area is 138 Å². The van der Waals surface area contributed by atoms with Crippen molar-refractivity contribution in [3.05, 3.63) is 35.9 Å². The van der Waals surface area contributed by atoms with E-state index in [1.807, 2.05) is 30.3 Å². The first-order valence-corrected chi connectivity index (χ1v) is 7.45. The number of amides is 2. The van der Waals surface area contributed by atoms with E-state index in [9.17, 15) is 9.59 Å². The van der Waals surface area contributed by atoms with Crippen LogP contribution in [0.3, 0.4) is 0 Å². The number of terminal acetylenes is 1. The summed E-state index contributed by atoms with van der Waals surface area (Å²) in [6, 6.07) is 8.73. The molecule has 0 aromatic heterocycles. The van der Waals surface area contributed by atoms with Gasteiger partial charge in [-0.3, -0.25) is 4.79 Å². The third kappa shape index (κ3) is 6.88. The van der Waals surface area contributed by atoms with Crippen molar-refractivity contribution in [3.63, 3.8) is 0 Å². The summed E-state index contributed by atoms with van der Waals surface area (Å²) in [5, 5.41) is 2.64. The monoisotopic (exact) mass is 316 g/mol. The van der Waals surface area contributed by atoms with Crippen molar-refractivity contribution in [1.82, 2.24) is 10.2 Å². The summed E-state index contributed by atoms with van der Waals surface area (Å²) in [4.78, 5) is 25.9. The third-order valence-corrected chi connectivity index (χ3v) is 2.98. The minimum absolute atomic E-state index is 0.181. The number of carbonyl (C=O) groups excluding carboxylic acids is 2. The molecule has 1 aromatic rings. The van der Waals surface area contributed by atoms with E-state index in [4.69, 9.17) is 11.2 Å². The van der Waals surface area contributed by atoms with E-state index in [-0.39, 0.29) is 12.5 Å². The molecule has 0 aliphatic carbocycles. The van der Waals surface area contributed by atoms with Crippen molar-refractivity contribution < 1.29 is 14.3 Å². The zero-order valence-electron chi connectivity index (χ0n) is 14.1. The van der Waals surface area contributed by atoms with Gasteiger partial charge in [-0.15, -0.1) is 6.42 Å². The number of hydrogen-bond acceptors (Lipinski definition) is 3. The molecule has 5 heteroatoms. The van der Waals surface area contributed by atoms with Gasteiger partial charge in [0.25, 0.3) is 0 Å². The quantitative estimate of drug-likeness (QED) is 0.847. The first-order chi connectivity index (χ1) is 10.7. The van der Waals surface area contributed by atoms with Gasteiger partial charge in [0.15, 0.2) is 0 Å². The molecule has 0 aliphatic heterocycles. The minimum Gasteiger partial charge on any atom is -0.444 e. The first kappa shape index (κ1) is 18.6. The van der Waals surface area contributed by atoms with Gasteiger partial charge in [-0.1, -0.05) is 36.3 Å². The molecule has 5 nitrogen and oxygen atoms in total. The first-order valence-electron chi connectivity index (χ1n) is 7.45. The van der Waals surface area contributed by atoms with Crippen LogP contribution in [0.1, 0.15) is 26.3 Å². The molecule has 1 rings (SSSR count).